The number of hydrogen-bond acceptors (Lipinski definition) is 2. The van der Waals surface area contributed by atoms with Crippen LogP contribution in [0.1, 0.15) is 44.9 Å². The number of halogens is 1. The monoisotopic (exact) mass is 274 g/mol. The van der Waals surface area contributed by atoms with E-state index in [1.807, 2.05) is 0 Å². The van der Waals surface area contributed by atoms with Crippen molar-refractivity contribution in [3.63, 3.8) is 0 Å². The molecule has 0 radical (unpaired) electrons. The summed E-state index contributed by atoms with van der Waals surface area (Å²) in [6.45, 7) is 0.977. The summed E-state index contributed by atoms with van der Waals surface area (Å²) in [5.41, 5.74) is 0.613. The van der Waals surface area contributed by atoms with Gasteiger partial charge in [0.1, 0.15) is 11.6 Å². The van der Waals surface area contributed by atoms with Gasteiger partial charge in [-0.1, -0.05) is 0 Å². The van der Waals surface area contributed by atoms with Gasteiger partial charge in [-0.25, -0.2) is 9.37 Å². The van der Waals surface area contributed by atoms with E-state index in [0.717, 1.165) is 30.1 Å². The lowest BCUT2D eigenvalue weighted by Gasteiger charge is -2.57. The van der Waals surface area contributed by atoms with Crippen LogP contribution < -0.4 is 5.32 Å². The Labute approximate surface area is 120 Å². The molecule has 1 aromatic rings. The highest BCUT2D eigenvalue weighted by molar-refractivity contribution is 5.33. The molecule has 0 spiro atoms. The molecule has 0 saturated heterocycles. The van der Waals surface area contributed by atoms with E-state index in [1.54, 1.807) is 6.07 Å². The van der Waals surface area contributed by atoms with Crippen molar-refractivity contribution in [1.82, 2.24) is 4.98 Å². The quantitative estimate of drug-likeness (QED) is 0.888. The summed E-state index contributed by atoms with van der Waals surface area (Å²) in [4.78, 5) is 4.08. The SMILES string of the molecule is Fc1ccc(NCCC23CC4CC(CC(C4)C2)C3)nc1. The van der Waals surface area contributed by atoms with Crippen LogP contribution >= 0.6 is 0 Å². The Morgan fingerprint density at radius 2 is 1.75 bits per heavy atom. The fraction of sp³-hybridized carbons (Fsp3) is 0.706. The number of hydrogen-bond donors (Lipinski definition) is 1. The minimum absolute atomic E-state index is 0.267. The number of nitrogens with one attached hydrogen (secondary N) is 1. The molecule has 4 bridgehead atoms. The van der Waals surface area contributed by atoms with Gasteiger partial charge in [0.25, 0.3) is 0 Å². The molecule has 3 heteroatoms. The van der Waals surface area contributed by atoms with Gasteiger partial charge in [-0.05, 0) is 80.2 Å². The zero-order valence-corrected chi connectivity index (χ0v) is 11.9. The van der Waals surface area contributed by atoms with Gasteiger partial charge in [0, 0.05) is 6.54 Å². The molecular formula is C17H23FN2. The number of rotatable bonds is 4. The largest absolute Gasteiger partial charge is 0.370 e. The van der Waals surface area contributed by atoms with Crippen LogP contribution in [0.4, 0.5) is 10.2 Å². The highest BCUT2D eigenvalue weighted by Gasteiger charge is 2.50. The predicted molar refractivity (Wildman–Crippen MR) is 77.9 cm³/mol. The molecule has 0 aliphatic heterocycles. The minimum Gasteiger partial charge on any atom is -0.370 e. The van der Waals surface area contributed by atoms with Crippen molar-refractivity contribution in [3.05, 3.63) is 24.1 Å². The Hall–Kier alpha value is -1.12. The van der Waals surface area contributed by atoms with E-state index in [9.17, 15) is 4.39 Å². The zero-order valence-electron chi connectivity index (χ0n) is 11.9. The molecule has 4 aliphatic rings. The second-order valence-electron chi connectivity index (χ2n) is 7.46. The first-order valence-electron chi connectivity index (χ1n) is 8.06. The first-order chi connectivity index (χ1) is 9.71. The van der Waals surface area contributed by atoms with Crippen LogP contribution in [-0.4, -0.2) is 11.5 Å². The minimum atomic E-state index is -0.267. The average Bonchev–Trinajstić information content (AvgIpc) is 2.39. The maximum atomic E-state index is 12.8. The van der Waals surface area contributed by atoms with E-state index in [0.29, 0.717) is 5.41 Å². The van der Waals surface area contributed by atoms with Crippen molar-refractivity contribution in [3.8, 4) is 0 Å². The van der Waals surface area contributed by atoms with E-state index in [2.05, 4.69) is 10.3 Å². The summed E-state index contributed by atoms with van der Waals surface area (Å²) < 4.78 is 12.8. The van der Waals surface area contributed by atoms with Crippen LogP contribution in [0, 0.1) is 29.0 Å². The lowest BCUT2D eigenvalue weighted by Crippen LogP contribution is -2.46. The van der Waals surface area contributed by atoms with Gasteiger partial charge < -0.3 is 5.32 Å². The molecule has 0 aromatic carbocycles. The first kappa shape index (κ1) is 12.6. The number of nitrogens with zero attached hydrogens (tertiary/aromatic N) is 1. The molecule has 20 heavy (non-hydrogen) atoms. The van der Waals surface area contributed by atoms with Crippen molar-refractivity contribution in [2.24, 2.45) is 23.2 Å². The van der Waals surface area contributed by atoms with Crippen LogP contribution in [0.2, 0.25) is 0 Å². The second kappa shape index (κ2) is 4.71. The van der Waals surface area contributed by atoms with Gasteiger partial charge in [-0.15, -0.1) is 0 Å². The van der Waals surface area contributed by atoms with Crippen LogP contribution in [-0.2, 0) is 0 Å². The summed E-state index contributed by atoms with van der Waals surface area (Å²) in [6.07, 6.45) is 11.4. The molecule has 1 N–H and O–H groups in total. The van der Waals surface area contributed by atoms with Crippen LogP contribution in [0.15, 0.2) is 18.3 Å². The Kier molecular flexibility index (Phi) is 2.97. The van der Waals surface area contributed by atoms with Gasteiger partial charge in [-0.3, -0.25) is 0 Å². The molecule has 4 saturated carbocycles. The molecular weight excluding hydrogens is 251 g/mol. The molecule has 4 fully saturated rings. The third kappa shape index (κ3) is 2.32. The second-order valence-corrected chi connectivity index (χ2v) is 7.46. The summed E-state index contributed by atoms with van der Waals surface area (Å²) >= 11 is 0. The summed E-state index contributed by atoms with van der Waals surface area (Å²) in [5.74, 6) is 3.59. The van der Waals surface area contributed by atoms with Crippen LogP contribution in [0.5, 0.6) is 0 Å². The summed E-state index contributed by atoms with van der Waals surface area (Å²) in [6, 6.07) is 3.20. The fourth-order valence-corrected chi connectivity index (χ4v) is 5.53. The molecule has 1 aromatic heterocycles. The Morgan fingerprint density at radius 3 is 2.30 bits per heavy atom. The van der Waals surface area contributed by atoms with Gasteiger partial charge >= 0.3 is 0 Å². The van der Waals surface area contributed by atoms with Crippen LogP contribution in [0.25, 0.3) is 0 Å². The third-order valence-corrected chi connectivity index (χ3v) is 5.85. The van der Waals surface area contributed by atoms with Gasteiger partial charge in [-0.2, -0.15) is 0 Å². The molecule has 4 aliphatic carbocycles. The molecule has 0 atom stereocenters. The third-order valence-electron chi connectivity index (χ3n) is 5.85. The van der Waals surface area contributed by atoms with Crippen molar-refractivity contribution in [2.45, 2.75) is 44.9 Å². The average molecular weight is 274 g/mol. The highest BCUT2D eigenvalue weighted by atomic mass is 19.1. The fourth-order valence-electron chi connectivity index (χ4n) is 5.53. The Bertz CT molecular complexity index is 447. The molecule has 5 rings (SSSR count). The molecule has 0 unspecified atom stereocenters. The van der Waals surface area contributed by atoms with Crippen molar-refractivity contribution >= 4 is 5.82 Å². The van der Waals surface area contributed by atoms with Crippen LogP contribution in [0.3, 0.4) is 0 Å². The van der Waals surface area contributed by atoms with Crippen molar-refractivity contribution in [2.75, 3.05) is 11.9 Å². The number of pyridine rings is 1. The standard InChI is InChI=1S/C17H23FN2/c18-15-1-2-16(20-11-15)19-4-3-17-8-12-5-13(9-17)7-14(6-12)10-17/h1-2,11-14H,3-10H2,(H,19,20). The maximum absolute atomic E-state index is 12.8. The zero-order chi connectivity index (χ0) is 13.6. The summed E-state index contributed by atoms with van der Waals surface area (Å²) in [7, 11) is 0. The smallest absolute Gasteiger partial charge is 0.141 e. The maximum Gasteiger partial charge on any atom is 0.141 e. The topological polar surface area (TPSA) is 24.9 Å². The predicted octanol–water partition coefficient (Wildman–Crippen LogP) is 4.24. The van der Waals surface area contributed by atoms with Crippen molar-refractivity contribution in [1.29, 1.82) is 0 Å². The molecule has 1 heterocycles. The van der Waals surface area contributed by atoms with Gasteiger partial charge in [0.15, 0.2) is 0 Å². The molecule has 0 amide bonds. The van der Waals surface area contributed by atoms with E-state index in [4.69, 9.17) is 0 Å². The van der Waals surface area contributed by atoms with Crippen molar-refractivity contribution < 1.29 is 4.39 Å². The van der Waals surface area contributed by atoms with E-state index in [1.165, 1.54) is 57.2 Å². The normalized spacial score (nSPS) is 38.1. The van der Waals surface area contributed by atoms with E-state index < -0.39 is 0 Å². The molecule has 2 nitrogen and oxygen atoms in total. The number of aromatic nitrogens is 1. The van der Waals surface area contributed by atoms with E-state index in [-0.39, 0.29) is 5.82 Å². The lowest BCUT2D eigenvalue weighted by atomic mass is 9.49. The first-order valence-corrected chi connectivity index (χ1v) is 8.06. The van der Waals surface area contributed by atoms with E-state index >= 15 is 0 Å². The summed E-state index contributed by atoms with van der Waals surface area (Å²) in [5, 5.41) is 3.37. The van der Waals surface area contributed by atoms with Gasteiger partial charge in [0.2, 0.25) is 0 Å². The number of anilines is 1. The highest BCUT2D eigenvalue weighted by Crippen LogP contribution is 2.61. The lowest BCUT2D eigenvalue weighted by molar-refractivity contribution is -0.0552. The Morgan fingerprint density at radius 1 is 1.10 bits per heavy atom. The molecule has 108 valence electrons. The van der Waals surface area contributed by atoms with Gasteiger partial charge in [0.05, 0.1) is 6.20 Å². The Balaban J connectivity index is 1.36.